The molecule has 0 aliphatic heterocycles. The summed E-state index contributed by atoms with van der Waals surface area (Å²) in [6, 6.07) is 8.26. The fourth-order valence-electron chi connectivity index (χ4n) is 0.708. The molecule has 0 bridgehead atoms. The maximum Gasteiger partial charge on any atom is 0.0176 e. The lowest BCUT2D eigenvalue weighted by Crippen LogP contribution is -2.00. The quantitative estimate of drug-likeness (QED) is 0.853. The van der Waals surface area contributed by atoms with Crippen LogP contribution in [0, 0.1) is 0 Å². The van der Waals surface area contributed by atoms with Gasteiger partial charge in [0.25, 0.3) is 0 Å². The molecule has 0 heterocycles. The fourth-order valence-corrected chi connectivity index (χ4v) is 1.65. The molecule has 0 fully saturated rings. The van der Waals surface area contributed by atoms with Crippen LogP contribution >= 0.6 is 40.1 Å². The zero-order chi connectivity index (χ0) is 8.10. The van der Waals surface area contributed by atoms with Gasteiger partial charge in [0.1, 0.15) is 0 Å². The minimum absolute atomic E-state index is 0. The van der Waals surface area contributed by atoms with E-state index in [4.69, 9.17) is 5.73 Å². The predicted molar refractivity (Wildman–Crippen MR) is 61.2 cm³/mol. The molecule has 0 aliphatic carbocycles. The van der Waals surface area contributed by atoms with E-state index in [1.54, 1.807) is 11.8 Å². The van der Waals surface area contributed by atoms with Crippen LogP contribution in [-0.2, 0) is 0 Å². The highest BCUT2D eigenvalue weighted by Gasteiger charge is 1.91. The molecule has 1 nitrogen and oxygen atoms in total. The molecule has 0 amide bonds. The lowest BCUT2D eigenvalue weighted by Gasteiger charge is -1.98. The van der Waals surface area contributed by atoms with Gasteiger partial charge in [-0.25, -0.2) is 0 Å². The fraction of sp³-hybridized carbons (Fsp3) is 0.250. The SMILES string of the molecule is Cl.NCCSc1ccc(Br)cc1. The Morgan fingerprint density at radius 2 is 1.83 bits per heavy atom. The Morgan fingerprint density at radius 1 is 1.25 bits per heavy atom. The van der Waals surface area contributed by atoms with Crippen molar-refractivity contribution in [3.8, 4) is 0 Å². The summed E-state index contributed by atoms with van der Waals surface area (Å²) < 4.78 is 1.12. The summed E-state index contributed by atoms with van der Waals surface area (Å²) in [5, 5.41) is 0. The third-order valence-corrected chi connectivity index (χ3v) is 2.77. The van der Waals surface area contributed by atoms with Crippen LogP contribution in [0.5, 0.6) is 0 Å². The normalized spacial score (nSPS) is 9.17. The van der Waals surface area contributed by atoms with Crippen LogP contribution < -0.4 is 5.73 Å². The van der Waals surface area contributed by atoms with Crippen LogP contribution in [0.1, 0.15) is 0 Å². The summed E-state index contributed by atoms with van der Waals surface area (Å²) in [6.45, 7) is 0.737. The predicted octanol–water partition coefficient (Wildman–Crippen LogP) is 2.92. The Bertz CT molecular complexity index is 215. The smallest absolute Gasteiger partial charge is 0.0176 e. The van der Waals surface area contributed by atoms with Crippen molar-refractivity contribution in [1.82, 2.24) is 0 Å². The van der Waals surface area contributed by atoms with Crippen molar-refractivity contribution in [1.29, 1.82) is 0 Å². The topological polar surface area (TPSA) is 26.0 Å². The van der Waals surface area contributed by atoms with Crippen LogP contribution in [0.2, 0.25) is 0 Å². The molecule has 68 valence electrons. The summed E-state index contributed by atoms with van der Waals surface area (Å²) in [7, 11) is 0. The summed E-state index contributed by atoms with van der Waals surface area (Å²) in [6.07, 6.45) is 0. The number of rotatable bonds is 3. The van der Waals surface area contributed by atoms with E-state index in [0.29, 0.717) is 0 Å². The van der Waals surface area contributed by atoms with Crippen LogP contribution in [0.3, 0.4) is 0 Å². The Labute approximate surface area is 91.6 Å². The van der Waals surface area contributed by atoms with Crippen molar-refractivity contribution >= 4 is 40.1 Å². The van der Waals surface area contributed by atoms with Crippen LogP contribution in [-0.4, -0.2) is 12.3 Å². The first-order valence-electron chi connectivity index (χ1n) is 3.41. The molecule has 1 aromatic carbocycles. The molecular weight excluding hydrogens is 258 g/mol. The van der Waals surface area contributed by atoms with E-state index in [-0.39, 0.29) is 12.4 Å². The third kappa shape index (κ3) is 4.36. The van der Waals surface area contributed by atoms with Gasteiger partial charge in [0, 0.05) is 21.7 Å². The van der Waals surface area contributed by atoms with Gasteiger partial charge in [-0.2, -0.15) is 0 Å². The van der Waals surface area contributed by atoms with Crippen LogP contribution in [0.4, 0.5) is 0 Å². The molecule has 0 radical (unpaired) electrons. The number of halogens is 2. The van der Waals surface area contributed by atoms with E-state index in [9.17, 15) is 0 Å². The molecule has 0 saturated carbocycles. The molecule has 0 atom stereocenters. The van der Waals surface area contributed by atoms with Crippen molar-refractivity contribution in [2.75, 3.05) is 12.3 Å². The van der Waals surface area contributed by atoms with Crippen LogP contribution in [0.25, 0.3) is 0 Å². The second-order valence-electron chi connectivity index (χ2n) is 2.09. The summed E-state index contributed by atoms with van der Waals surface area (Å²) in [5.41, 5.74) is 5.38. The number of hydrogen-bond acceptors (Lipinski definition) is 2. The first-order valence-corrected chi connectivity index (χ1v) is 5.19. The summed E-state index contributed by atoms with van der Waals surface area (Å²) in [4.78, 5) is 1.28. The van der Waals surface area contributed by atoms with Crippen molar-refractivity contribution in [3.05, 3.63) is 28.7 Å². The van der Waals surface area contributed by atoms with Gasteiger partial charge in [-0.15, -0.1) is 24.2 Å². The van der Waals surface area contributed by atoms with Gasteiger partial charge in [-0.05, 0) is 24.3 Å². The molecule has 0 spiro atoms. The monoisotopic (exact) mass is 267 g/mol. The van der Waals surface area contributed by atoms with Crippen molar-refractivity contribution in [3.63, 3.8) is 0 Å². The highest BCUT2D eigenvalue weighted by atomic mass is 79.9. The Kier molecular flexibility index (Phi) is 6.95. The van der Waals surface area contributed by atoms with E-state index < -0.39 is 0 Å². The van der Waals surface area contributed by atoms with Gasteiger partial charge in [0.2, 0.25) is 0 Å². The molecule has 0 aromatic heterocycles. The average molecular weight is 269 g/mol. The van der Waals surface area contributed by atoms with E-state index in [1.165, 1.54) is 4.90 Å². The minimum atomic E-state index is 0. The lowest BCUT2D eigenvalue weighted by atomic mass is 10.4. The Hall–Kier alpha value is 0.300. The number of hydrogen-bond donors (Lipinski definition) is 1. The van der Waals surface area contributed by atoms with E-state index in [1.807, 2.05) is 12.1 Å². The zero-order valence-corrected chi connectivity index (χ0v) is 9.71. The van der Waals surface area contributed by atoms with Gasteiger partial charge in [0.15, 0.2) is 0 Å². The van der Waals surface area contributed by atoms with E-state index in [2.05, 4.69) is 28.1 Å². The van der Waals surface area contributed by atoms with Gasteiger partial charge in [0.05, 0.1) is 0 Å². The number of benzene rings is 1. The third-order valence-electron chi connectivity index (χ3n) is 1.20. The zero-order valence-electron chi connectivity index (χ0n) is 6.50. The summed E-state index contributed by atoms with van der Waals surface area (Å²) >= 11 is 5.16. The minimum Gasteiger partial charge on any atom is -0.330 e. The van der Waals surface area contributed by atoms with Crippen molar-refractivity contribution in [2.24, 2.45) is 5.73 Å². The molecule has 0 saturated heterocycles. The molecule has 1 aromatic rings. The van der Waals surface area contributed by atoms with E-state index in [0.717, 1.165) is 16.8 Å². The largest absolute Gasteiger partial charge is 0.330 e. The molecule has 0 unspecified atom stereocenters. The van der Waals surface area contributed by atoms with Gasteiger partial charge in [-0.3, -0.25) is 0 Å². The molecular formula is C8H11BrClNS. The molecule has 4 heteroatoms. The highest BCUT2D eigenvalue weighted by Crippen LogP contribution is 2.19. The highest BCUT2D eigenvalue weighted by molar-refractivity contribution is 9.10. The maximum absolute atomic E-state index is 5.38. The van der Waals surface area contributed by atoms with E-state index >= 15 is 0 Å². The second kappa shape index (κ2) is 6.78. The number of thioether (sulfide) groups is 1. The Morgan fingerprint density at radius 3 is 2.33 bits per heavy atom. The standard InChI is InChI=1S/C8H10BrNS.ClH/c9-7-1-3-8(4-2-7)11-6-5-10;/h1-4H,5-6,10H2;1H. The molecule has 0 aliphatic rings. The maximum atomic E-state index is 5.38. The molecule has 2 N–H and O–H groups in total. The summed E-state index contributed by atoms with van der Waals surface area (Å²) in [5.74, 6) is 0.988. The van der Waals surface area contributed by atoms with Gasteiger partial charge >= 0.3 is 0 Å². The first-order chi connectivity index (χ1) is 5.33. The van der Waals surface area contributed by atoms with Crippen LogP contribution in [0.15, 0.2) is 33.6 Å². The lowest BCUT2D eigenvalue weighted by molar-refractivity contribution is 1.15. The van der Waals surface area contributed by atoms with Gasteiger partial charge < -0.3 is 5.73 Å². The van der Waals surface area contributed by atoms with Crippen molar-refractivity contribution in [2.45, 2.75) is 4.90 Å². The average Bonchev–Trinajstić information content (AvgIpc) is 2.04. The second-order valence-corrected chi connectivity index (χ2v) is 4.18. The Balaban J connectivity index is 0.00000121. The number of nitrogens with two attached hydrogens (primary N) is 1. The first kappa shape index (κ1) is 12.3. The molecule has 12 heavy (non-hydrogen) atoms. The van der Waals surface area contributed by atoms with Crippen molar-refractivity contribution < 1.29 is 0 Å². The van der Waals surface area contributed by atoms with Gasteiger partial charge in [-0.1, -0.05) is 15.9 Å². The molecule has 1 rings (SSSR count).